The van der Waals surface area contributed by atoms with Gasteiger partial charge in [0, 0.05) is 23.8 Å². The van der Waals surface area contributed by atoms with Crippen LogP contribution >= 0.6 is 0 Å². The molecule has 2 aromatic carbocycles. The van der Waals surface area contributed by atoms with Gasteiger partial charge in [-0.3, -0.25) is 4.79 Å². The predicted molar refractivity (Wildman–Crippen MR) is 100 cm³/mol. The van der Waals surface area contributed by atoms with E-state index in [0.717, 1.165) is 16.8 Å². The highest BCUT2D eigenvalue weighted by Gasteiger charge is 2.08. The van der Waals surface area contributed by atoms with Crippen LogP contribution in [0.4, 0.5) is 17.3 Å². The Morgan fingerprint density at radius 1 is 1.00 bits per heavy atom. The first-order valence-corrected chi connectivity index (χ1v) is 8.02. The molecule has 0 bridgehead atoms. The smallest absolute Gasteiger partial charge is 0.258 e. The number of nitrogens with one attached hydrogen (secondary N) is 2. The molecule has 0 saturated heterocycles. The molecule has 3 aromatic rings. The van der Waals surface area contributed by atoms with Gasteiger partial charge >= 0.3 is 0 Å². The predicted octanol–water partition coefficient (Wildman–Crippen LogP) is 3.96. The van der Waals surface area contributed by atoms with Crippen molar-refractivity contribution < 1.29 is 4.79 Å². The van der Waals surface area contributed by atoms with Crippen molar-refractivity contribution in [3.8, 4) is 6.07 Å². The fraction of sp³-hybridized carbons (Fsp3) is 0.100. The van der Waals surface area contributed by atoms with E-state index in [9.17, 15) is 4.79 Å². The van der Waals surface area contributed by atoms with Crippen molar-refractivity contribution in [2.45, 2.75) is 13.8 Å². The Morgan fingerprint density at radius 3 is 2.35 bits per heavy atom. The molecule has 6 heteroatoms. The highest BCUT2D eigenvalue weighted by molar-refractivity contribution is 6.04. The Balaban J connectivity index is 1.70. The summed E-state index contributed by atoms with van der Waals surface area (Å²) in [4.78, 5) is 20.7. The summed E-state index contributed by atoms with van der Waals surface area (Å²) in [6.45, 7) is 4.04. The second kappa shape index (κ2) is 7.45. The van der Waals surface area contributed by atoms with E-state index in [4.69, 9.17) is 5.26 Å². The zero-order valence-corrected chi connectivity index (χ0v) is 14.4. The Morgan fingerprint density at radius 2 is 1.69 bits per heavy atom. The van der Waals surface area contributed by atoms with Gasteiger partial charge in [-0.2, -0.15) is 5.26 Å². The number of aryl methyl sites for hydroxylation is 2. The second-order valence-electron chi connectivity index (χ2n) is 5.94. The number of amides is 1. The van der Waals surface area contributed by atoms with Gasteiger partial charge in [-0.25, -0.2) is 9.97 Å². The molecule has 0 spiro atoms. The molecule has 2 N–H and O–H groups in total. The van der Waals surface area contributed by atoms with E-state index in [1.165, 1.54) is 12.4 Å². The lowest BCUT2D eigenvalue weighted by atomic mass is 10.1. The number of anilines is 3. The van der Waals surface area contributed by atoms with E-state index in [2.05, 4.69) is 26.7 Å². The van der Waals surface area contributed by atoms with Crippen LogP contribution < -0.4 is 10.6 Å². The maximum absolute atomic E-state index is 12.3. The van der Waals surface area contributed by atoms with Crippen molar-refractivity contribution in [2.75, 3.05) is 10.6 Å². The number of hydrogen-bond donors (Lipinski definition) is 2. The first-order valence-electron chi connectivity index (χ1n) is 8.02. The standard InChI is InChI=1S/C20H17N5O/c1-13-6-14(2)8-18(7-13)25-20-22-11-16(12-23-20)19(26)24-17-5-3-4-15(9-17)10-21/h3-9,11-12H,1-2H3,(H,24,26)(H,22,23,25). The molecule has 0 atom stereocenters. The van der Waals surface area contributed by atoms with Crippen molar-refractivity contribution in [1.82, 2.24) is 9.97 Å². The summed E-state index contributed by atoms with van der Waals surface area (Å²) >= 11 is 0. The zero-order valence-electron chi connectivity index (χ0n) is 14.4. The number of nitrogens with zero attached hydrogens (tertiary/aromatic N) is 3. The van der Waals surface area contributed by atoms with Crippen LogP contribution in [0.25, 0.3) is 0 Å². The van der Waals surface area contributed by atoms with Gasteiger partial charge < -0.3 is 10.6 Å². The third-order valence-corrected chi connectivity index (χ3v) is 3.64. The minimum atomic E-state index is -0.335. The summed E-state index contributed by atoms with van der Waals surface area (Å²) in [5, 5.41) is 14.8. The molecule has 0 unspecified atom stereocenters. The van der Waals surface area contributed by atoms with Crippen LogP contribution in [0.2, 0.25) is 0 Å². The van der Waals surface area contributed by atoms with Gasteiger partial charge in [0.1, 0.15) is 0 Å². The van der Waals surface area contributed by atoms with Gasteiger partial charge in [0.15, 0.2) is 0 Å². The van der Waals surface area contributed by atoms with E-state index in [-0.39, 0.29) is 5.91 Å². The van der Waals surface area contributed by atoms with Crippen LogP contribution in [-0.2, 0) is 0 Å². The summed E-state index contributed by atoms with van der Waals surface area (Å²) in [5.74, 6) is 0.0797. The first kappa shape index (κ1) is 17.1. The topological polar surface area (TPSA) is 90.7 Å². The maximum atomic E-state index is 12.3. The highest BCUT2D eigenvalue weighted by Crippen LogP contribution is 2.17. The minimum Gasteiger partial charge on any atom is -0.324 e. The molecule has 0 radical (unpaired) electrons. The summed E-state index contributed by atoms with van der Waals surface area (Å²) < 4.78 is 0. The Bertz CT molecular complexity index is 970. The van der Waals surface area contributed by atoms with Gasteiger partial charge in [0.25, 0.3) is 5.91 Å². The fourth-order valence-corrected chi connectivity index (χ4v) is 2.56. The molecule has 1 aromatic heterocycles. The van der Waals surface area contributed by atoms with E-state index in [1.54, 1.807) is 24.3 Å². The molecule has 128 valence electrons. The van der Waals surface area contributed by atoms with Crippen LogP contribution in [-0.4, -0.2) is 15.9 Å². The average Bonchev–Trinajstić information content (AvgIpc) is 2.61. The minimum absolute atomic E-state index is 0.332. The second-order valence-corrected chi connectivity index (χ2v) is 5.94. The Hall–Kier alpha value is -3.72. The third-order valence-electron chi connectivity index (χ3n) is 3.64. The van der Waals surface area contributed by atoms with Gasteiger partial charge in [-0.15, -0.1) is 0 Å². The SMILES string of the molecule is Cc1cc(C)cc(Nc2ncc(C(=O)Nc3cccc(C#N)c3)cn2)c1. The molecule has 1 amide bonds. The van der Waals surface area contributed by atoms with Gasteiger partial charge in [0.05, 0.1) is 17.2 Å². The molecular weight excluding hydrogens is 326 g/mol. The summed E-state index contributed by atoms with van der Waals surface area (Å²) in [6.07, 6.45) is 2.92. The van der Waals surface area contributed by atoms with Crippen LogP contribution in [0.3, 0.4) is 0 Å². The molecule has 0 fully saturated rings. The lowest BCUT2D eigenvalue weighted by Gasteiger charge is -2.08. The van der Waals surface area contributed by atoms with E-state index in [0.29, 0.717) is 22.8 Å². The van der Waals surface area contributed by atoms with Crippen molar-refractivity contribution in [1.29, 1.82) is 5.26 Å². The van der Waals surface area contributed by atoms with E-state index >= 15 is 0 Å². The fourth-order valence-electron chi connectivity index (χ4n) is 2.56. The number of carbonyl (C=O) groups is 1. The van der Waals surface area contributed by atoms with Crippen LogP contribution in [0.15, 0.2) is 54.9 Å². The summed E-state index contributed by atoms with van der Waals surface area (Å²) in [6, 6.07) is 14.8. The molecular formula is C20H17N5O. The molecule has 0 aliphatic heterocycles. The van der Waals surface area contributed by atoms with Gasteiger partial charge in [-0.1, -0.05) is 12.1 Å². The average molecular weight is 343 g/mol. The maximum Gasteiger partial charge on any atom is 0.258 e. The number of rotatable bonds is 4. The van der Waals surface area contributed by atoms with Crippen LogP contribution in [0, 0.1) is 25.2 Å². The number of nitriles is 1. The molecule has 6 nitrogen and oxygen atoms in total. The molecule has 26 heavy (non-hydrogen) atoms. The molecule has 1 heterocycles. The van der Waals surface area contributed by atoms with Crippen LogP contribution in [0.5, 0.6) is 0 Å². The number of benzene rings is 2. The monoisotopic (exact) mass is 343 g/mol. The van der Waals surface area contributed by atoms with Crippen LogP contribution in [0.1, 0.15) is 27.0 Å². The van der Waals surface area contributed by atoms with E-state index < -0.39 is 0 Å². The lowest BCUT2D eigenvalue weighted by Crippen LogP contribution is -2.13. The van der Waals surface area contributed by atoms with Crippen molar-refractivity contribution in [2.24, 2.45) is 0 Å². The highest BCUT2D eigenvalue weighted by atomic mass is 16.1. The first-order chi connectivity index (χ1) is 12.5. The number of carbonyl (C=O) groups excluding carboxylic acids is 1. The number of hydrogen-bond acceptors (Lipinski definition) is 5. The summed E-state index contributed by atoms with van der Waals surface area (Å²) in [7, 11) is 0. The molecule has 3 rings (SSSR count). The molecule has 0 aliphatic rings. The van der Waals surface area contributed by atoms with Gasteiger partial charge in [0.2, 0.25) is 5.95 Å². The zero-order chi connectivity index (χ0) is 18.5. The number of aromatic nitrogens is 2. The largest absolute Gasteiger partial charge is 0.324 e. The molecule has 0 aliphatic carbocycles. The Labute approximate surface area is 151 Å². The quantitative estimate of drug-likeness (QED) is 0.748. The van der Waals surface area contributed by atoms with Crippen molar-refractivity contribution in [3.63, 3.8) is 0 Å². The molecule has 0 saturated carbocycles. The lowest BCUT2D eigenvalue weighted by molar-refractivity contribution is 0.102. The van der Waals surface area contributed by atoms with Gasteiger partial charge in [-0.05, 0) is 55.3 Å². The Kier molecular flexibility index (Phi) is 4.90. The third kappa shape index (κ3) is 4.22. The van der Waals surface area contributed by atoms with Crippen molar-refractivity contribution >= 4 is 23.2 Å². The van der Waals surface area contributed by atoms with E-state index in [1.807, 2.05) is 32.0 Å². The van der Waals surface area contributed by atoms with Crippen molar-refractivity contribution in [3.05, 3.63) is 77.1 Å². The normalized spacial score (nSPS) is 10.0. The summed E-state index contributed by atoms with van der Waals surface area (Å²) in [5.41, 5.74) is 4.54.